The maximum atomic E-state index is 12.7. The van der Waals surface area contributed by atoms with Crippen LogP contribution in [0.15, 0.2) is 91.0 Å². The van der Waals surface area contributed by atoms with Crippen LogP contribution in [0.3, 0.4) is 0 Å². The van der Waals surface area contributed by atoms with Crippen LogP contribution in [-0.4, -0.2) is 51.9 Å². The minimum Gasteiger partial charge on any atom is -0.340 e. The number of nitrogens with zero attached hydrogens (tertiary/aromatic N) is 3. The predicted octanol–water partition coefficient (Wildman–Crippen LogP) is 7.78. The molecule has 0 saturated carbocycles. The number of imidazole rings is 1. The zero-order valence-corrected chi connectivity index (χ0v) is 23.9. The van der Waals surface area contributed by atoms with Crippen molar-refractivity contribution in [3.63, 3.8) is 0 Å². The molecule has 38 heavy (non-hydrogen) atoms. The Balaban J connectivity index is 0.000000791. The Morgan fingerprint density at radius 3 is 1.68 bits per heavy atom. The fourth-order valence-electron chi connectivity index (χ4n) is 4.20. The van der Waals surface area contributed by atoms with Crippen molar-refractivity contribution in [2.75, 3.05) is 26.2 Å². The van der Waals surface area contributed by atoms with E-state index in [2.05, 4.69) is 34.1 Å². The van der Waals surface area contributed by atoms with Gasteiger partial charge in [-0.2, -0.15) is 0 Å². The summed E-state index contributed by atoms with van der Waals surface area (Å²) < 4.78 is 0. The van der Waals surface area contributed by atoms with Gasteiger partial charge in [-0.05, 0) is 12.1 Å². The molecule has 5 nitrogen and oxygen atoms in total. The number of nitrogens with one attached hydrogen (secondary N) is 1. The van der Waals surface area contributed by atoms with Crippen molar-refractivity contribution in [1.82, 2.24) is 19.8 Å². The summed E-state index contributed by atoms with van der Waals surface area (Å²) in [6.07, 6.45) is 0. The third-order valence-electron chi connectivity index (χ3n) is 5.92. The van der Waals surface area contributed by atoms with Gasteiger partial charge in [-0.3, -0.25) is 9.69 Å². The summed E-state index contributed by atoms with van der Waals surface area (Å²) in [4.78, 5) is 25.6. The number of carbonyl (C=O) groups excluding carboxylic acids is 1. The van der Waals surface area contributed by atoms with Crippen molar-refractivity contribution >= 4 is 5.91 Å². The second kappa shape index (κ2) is 16.9. The Labute approximate surface area is 229 Å². The van der Waals surface area contributed by atoms with E-state index >= 15 is 0 Å². The lowest BCUT2D eigenvalue weighted by Crippen LogP contribution is -2.48. The standard InChI is InChI=1S/C27H26N4O.3C2H6/c32-27(23-14-8-3-9-15-23)31-18-16-30(17-19-31)20-24-28-25(21-10-4-1-5-11-21)26(29-24)22-12-6-2-7-13-22;3*1-2/h1-15H,16-20H2,(H,28,29);3*1-2H3. The summed E-state index contributed by atoms with van der Waals surface area (Å²) in [5.41, 5.74) is 5.01. The molecule has 5 heteroatoms. The second-order valence-corrected chi connectivity index (χ2v) is 8.07. The van der Waals surface area contributed by atoms with Gasteiger partial charge in [0.1, 0.15) is 5.82 Å². The number of aromatic amines is 1. The summed E-state index contributed by atoms with van der Waals surface area (Å²) in [7, 11) is 0. The molecule has 0 atom stereocenters. The number of carbonyl (C=O) groups is 1. The lowest BCUT2D eigenvalue weighted by Gasteiger charge is -2.34. The van der Waals surface area contributed by atoms with Crippen LogP contribution >= 0.6 is 0 Å². The maximum absolute atomic E-state index is 12.7. The SMILES string of the molecule is CC.CC.CC.O=C(c1ccccc1)N1CCN(Cc2nc(-c3ccccc3)c(-c3ccccc3)[nH]2)CC1. The van der Waals surface area contributed by atoms with E-state index < -0.39 is 0 Å². The van der Waals surface area contributed by atoms with E-state index in [1.54, 1.807) is 0 Å². The van der Waals surface area contributed by atoms with Crippen LogP contribution in [0.25, 0.3) is 22.5 Å². The molecule has 1 saturated heterocycles. The van der Waals surface area contributed by atoms with Gasteiger partial charge in [-0.15, -0.1) is 0 Å². The Morgan fingerprint density at radius 1 is 0.684 bits per heavy atom. The van der Waals surface area contributed by atoms with Gasteiger partial charge in [0.05, 0.1) is 17.9 Å². The second-order valence-electron chi connectivity index (χ2n) is 8.07. The van der Waals surface area contributed by atoms with E-state index in [4.69, 9.17) is 4.98 Å². The smallest absolute Gasteiger partial charge is 0.253 e. The summed E-state index contributed by atoms with van der Waals surface area (Å²) >= 11 is 0. The molecular formula is C33H44N4O. The monoisotopic (exact) mass is 512 g/mol. The molecule has 1 N–H and O–H groups in total. The molecule has 3 aromatic carbocycles. The van der Waals surface area contributed by atoms with E-state index in [0.717, 1.165) is 66.6 Å². The fourth-order valence-corrected chi connectivity index (χ4v) is 4.20. The first-order valence-electron chi connectivity index (χ1n) is 14.0. The van der Waals surface area contributed by atoms with Crippen LogP contribution in [0, 0.1) is 0 Å². The Kier molecular flexibility index (Phi) is 13.6. The van der Waals surface area contributed by atoms with Crippen LogP contribution in [0.4, 0.5) is 0 Å². The van der Waals surface area contributed by atoms with Crippen LogP contribution in [-0.2, 0) is 6.54 Å². The van der Waals surface area contributed by atoms with Gasteiger partial charge in [0.15, 0.2) is 0 Å². The molecule has 0 bridgehead atoms. The molecule has 1 aromatic heterocycles. The normalized spacial score (nSPS) is 12.6. The lowest BCUT2D eigenvalue weighted by atomic mass is 10.1. The number of H-pyrrole nitrogens is 1. The van der Waals surface area contributed by atoms with Crippen molar-refractivity contribution in [3.8, 4) is 22.5 Å². The molecule has 2 heterocycles. The topological polar surface area (TPSA) is 52.2 Å². The Bertz CT molecular complexity index is 1110. The molecule has 5 rings (SSSR count). The number of benzene rings is 3. The van der Waals surface area contributed by atoms with E-state index in [-0.39, 0.29) is 5.91 Å². The summed E-state index contributed by atoms with van der Waals surface area (Å²) in [6, 6.07) is 30.2. The zero-order chi connectivity index (χ0) is 27.8. The van der Waals surface area contributed by atoms with Crippen molar-refractivity contribution in [3.05, 3.63) is 102 Å². The molecule has 1 aliphatic rings. The molecule has 1 fully saturated rings. The summed E-state index contributed by atoms with van der Waals surface area (Å²) in [5, 5.41) is 0. The molecule has 1 amide bonds. The van der Waals surface area contributed by atoms with Crippen molar-refractivity contribution in [2.24, 2.45) is 0 Å². The summed E-state index contributed by atoms with van der Waals surface area (Å²) in [5.74, 6) is 1.06. The van der Waals surface area contributed by atoms with Gasteiger partial charge in [-0.1, -0.05) is 120 Å². The highest BCUT2D eigenvalue weighted by atomic mass is 16.2. The van der Waals surface area contributed by atoms with Gasteiger partial charge in [0.2, 0.25) is 0 Å². The average Bonchev–Trinajstić information content (AvgIpc) is 3.45. The molecule has 0 radical (unpaired) electrons. The molecule has 0 unspecified atom stereocenters. The van der Waals surface area contributed by atoms with E-state index in [1.807, 2.05) is 113 Å². The number of rotatable bonds is 5. The highest BCUT2D eigenvalue weighted by molar-refractivity contribution is 5.94. The Hall–Kier alpha value is -3.70. The molecular weight excluding hydrogens is 468 g/mol. The number of amides is 1. The number of hydrogen-bond acceptors (Lipinski definition) is 3. The highest BCUT2D eigenvalue weighted by Gasteiger charge is 2.23. The van der Waals surface area contributed by atoms with E-state index in [0.29, 0.717) is 0 Å². The first-order chi connectivity index (χ1) is 18.8. The first-order valence-corrected chi connectivity index (χ1v) is 14.0. The zero-order valence-electron chi connectivity index (χ0n) is 23.9. The number of hydrogen-bond donors (Lipinski definition) is 1. The molecule has 1 aliphatic heterocycles. The third kappa shape index (κ3) is 8.15. The fraction of sp³-hybridized carbons (Fsp3) is 0.333. The van der Waals surface area contributed by atoms with Gasteiger partial charge in [0, 0.05) is 42.9 Å². The van der Waals surface area contributed by atoms with Crippen LogP contribution in [0.2, 0.25) is 0 Å². The van der Waals surface area contributed by atoms with Gasteiger partial charge < -0.3 is 9.88 Å². The predicted molar refractivity (Wildman–Crippen MR) is 161 cm³/mol. The third-order valence-corrected chi connectivity index (χ3v) is 5.92. The maximum Gasteiger partial charge on any atom is 0.253 e. The van der Waals surface area contributed by atoms with Gasteiger partial charge in [0.25, 0.3) is 5.91 Å². The van der Waals surface area contributed by atoms with Crippen LogP contribution in [0.1, 0.15) is 57.7 Å². The van der Waals surface area contributed by atoms with Gasteiger partial charge in [-0.25, -0.2) is 4.98 Å². The highest BCUT2D eigenvalue weighted by Crippen LogP contribution is 2.30. The van der Waals surface area contributed by atoms with Crippen LogP contribution < -0.4 is 0 Å². The van der Waals surface area contributed by atoms with Crippen molar-refractivity contribution in [1.29, 1.82) is 0 Å². The Morgan fingerprint density at radius 2 is 1.16 bits per heavy atom. The average molecular weight is 513 g/mol. The van der Waals surface area contributed by atoms with Gasteiger partial charge >= 0.3 is 0 Å². The molecule has 0 spiro atoms. The molecule has 0 aliphatic carbocycles. The molecule has 202 valence electrons. The first kappa shape index (κ1) is 30.5. The van der Waals surface area contributed by atoms with E-state index in [1.165, 1.54) is 0 Å². The minimum absolute atomic E-state index is 0.112. The van der Waals surface area contributed by atoms with E-state index in [9.17, 15) is 4.79 Å². The molecule has 4 aromatic rings. The largest absolute Gasteiger partial charge is 0.340 e. The van der Waals surface area contributed by atoms with Crippen molar-refractivity contribution in [2.45, 2.75) is 48.1 Å². The quantitative estimate of drug-likeness (QED) is 0.297. The lowest BCUT2D eigenvalue weighted by molar-refractivity contribution is 0.0626. The number of piperazine rings is 1. The summed E-state index contributed by atoms with van der Waals surface area (Å²) in [6.45, 7) is 15.9. The number of aromatic nitrogens is 2. The van der Waals surface area contributed by atoms with Crippen molar-refractivity contribution < 1.29 is 4.79 Å². The minimum atomic E-state index is 0.112. The van der Waals surface area contributed by atoms with Crippen LogP contribution in [0.5, 0.6) is 0 Å².